The molecule has 0 unspecified atom stereocenters. The van der Waals surface area contributed by atoms with Crippen molar-refractivity contribution in [3.63, 3.8) is 0 Å². The van der Waals surface area contributed by atoms with Crippen LogP contribution >= 0.6 is 0 Å². The fraction of sp³-hybridized carbons (Fsp3) is 0. The molecule has 0 aliphatic carbocycles. The summed E-state index contributed by atoms with van der Waals surface area (Å²) in [6, 6.07) is 0. The molecule has 0 aromatic carbocycles. The molecule has 0 saturated heterocycles. The van der Waals surface area contributed by atoms with Gasteiger partial charge in [-0.3, -0.25) is 0 Å². The smallest absolute Gasteiger partial charge is 1.00 e. The second-order valence-electron chi connectivity index (χ2n) is 0.224. The maximum Gasteiger partial charge on any atom is 1.00 e. The monoisotopic (exact) mass is 201 g/mol. The summed E-state index contributed by atoms with van der Waals surface area (Å²) in [6.07, 6.45) is 0. The van der Waals surface area contributed by atoms with Gasteiger partial charge in [-0.15, -0.1) is 0 Å². The molecule has 0 atom stereocenters. The molecule has 1 radical (unpaired) electrons. The summed E-state index contributed by atoms with van der Waals surface area (Å²) in [5.74, 6) is 0. The van der Waals surface area contributed by atoms with Crippen LogP contribution in [0.15, 0.2) is 0 Å². The maximum absolute atomic E-state index is 8.56. The Morgan fingerprint density at radius 2 is 1.17 bits per heavy atom. The van der Waals surface area contributed by atoms with Gasteiger partial charge >= 0.3 is 130 Å². The van der Waals surface area contributed by atoms with Crippen LogP contribution in [0.5, 0.6) is 0 Å². The third-order valence-electron chi connectivity index (χ3n) is 0. The van der Waals surface area contributed by atoms with Gasteiger partial charge in [0, 0.05) is 0 Å². The molecular formula is AsK2O3. The van der Waals surface area contributed by atoms with Crippen LogP contribution in [0.4, 0.5) is 0 Å². The van der Waals surface area contributed by atoms with Gasteiger partial charge < -0.3 is 0 Å². The first kappa shape index (κ1) is 16.3. The van der Waals surface area contributed by atoms with E-state index in [1.807, 2.05) is 0 Å². The molecule has 6 heavy (non-hydrogen) atoms. The van der Waals surface area contributed by atoms with Crippen molar-refractivity contribution in [3.05, 3.63) is 0 Å². The van der Waals surface area contributed by atoms with E-state index in [4.69, 9.17) is 11.9 Å². The van der Waals surface area contributed by atoms with Crippen LogP contribution in [-0.4, -0.2) is 15.3 Å². The van der Waals surface area contributed by atoms with Gasteiger partial charge in [-0.25, -0.2) is 0 Å². The molecule has 0 heterocycles. The van der Waals surface area contributed by atoms with Gasteiger partial charge in [0.25, 0.3) is 0 Å². The van der Waals surface area contributed by atoms with Gasteiger partial charge in [0.15, 0.2) is 0 Å². The minimum Gasteiger partial charge on any atom is 1.00 e. The average molecular weight is 201 g/mol. The molecule has 0 saturated carbocycles. The van der Waals surface area contributed by atoms with Crippen molar-refractivity contribution >= 4 is 15.3 Å². The van der Waals surface area contributed by atoms with Gasteiger partial charge in [0.05, 0.1) is 0 Å². The molecule has 6 heteroatoms. The second kappa shape index (κ2) is 11.4. The average Bonchev–Trinajstić information content (AvgIpc) is 0.811. The summed E-state index contributed by atoms with van der Waals surface area (Å²) in [7, 11) is 0. The van der Waals surface area contributed by atoms with E-state index in [0.717, 1.165) is 0 Å². The van der Waals surface area contributed by atoms with Crippen LogP contribution in [0.1, 0.15) is 0 Å². The predicted molar refractivity (Wildman–Crippen MR) is 6.44 cm³/mol. The van der Waals surface area contributed by atoms with E-state index in [1.165, 1.54) is 0 Å². The Hall–Kier alpha value is 3.55. The fourth-order valence-corrected chi connectivity index (χ4v) is 0. The third kappa shape index (κ3) is 25.7. The largest absolute Gasteiger partial charge is 1.00 e. The molecule has 0 spiro atoms. The first-order valence-corrected chi connectivity index (χ1v) is 2.85. The fourth-order valence-electron chi connectivity index (χ4n) is 0. The number of rotatable bonds is 0. The standard InChI is InChI=1S/AsO3.2K/c2-1(3)4;;/q-2;2*+1. The summed E-state index contributed by atoms with van der Waals surface area (Å²) in [6.45, 7) is 0. The van der Waals surface area contributed by atoms with Gasteiger partial charge in [-0.1, -0.05) is 0 Å². The van der Waals surface area contributed by atoms with Crippen molar-refractivity contribution in [2.45, 2.75) is 0 Å². The van der Waals surface area contributed by atoms with Crippen molar-refractivity contribution in [2.24, 2.45) is 0 Å². The van der Waals surface area contributed by atoms with Crippen molar-refractivity contribution in [1.29, 1.82) is 0 Å². The zero-order valence-electron chi connectivity index (χ0n) is 3.67. The van der Waals surface area contributed by atoms with Crippen LogP contribution in [0.3, 0.4) is 0 Å². The van der Waals surface area contributed by atoms with E-state index in [1.54, 1.807) is 0 Å². The Bertz CT molecular complexity index is 31.8. The molecule has 0 fully saturated rings. The third-order valence-corrected chi connectivity index (χ3v) is 0. The van der Waals surface area contributed by atoms with Gasteiger partial charge in [0.2, 0.25) is 0 Å². The summed E-state index contributed by atoms with van der Waals surface area (Å²) in [4.78, 5) is 0. The molecule has 0 aromatic rings. The van der Waals surface area contributed by atoms with E-state index >= 15 is 0 Å². The topological polar surface area (TPSA) is 63.2 Å². The normalized spacial score (nSPS) is 4.33. The SMILES string of the molecule is O=[As]([O-])[O-].[K+].[K+]. The van der Waals surface area contributed by atoms with E-state index in [0.29, 0.717) is 0 Å². The second-order valence-corrected chi connectivity index (χ2v) is 1.16. The first-order chi connectivity index (χ1) is 1.73. The molecule has 0 aromatic heterocycles. The number of hydrogen-bond acceptors (Lipinski definition) is 3. The molecule has 0 amide bonds. The first-order valence-electron chi connectivity index (χ1n) is 0.548. The quantitative estimate of drug-likeness (QED) is 0.366. The van der Waals surface area contributed by atoms with Crippen molar-refractivity contribution in [2.75, 3.05) is 0 Å². The Kier molecular flexibility index (Phi) is 30.8. The molecule has 0 rings (SSSR count). The van der Waals surface area contributed by atoms with Crippen LogP contribution in [0, 0.1) is 0 Å². The van der Waals surface area contributed by atoms with E-state index in [9.17, 15) is 0 Å². The Morgan fingerprint density at radius 1 is 1.17 bits per heavy atom. The van der Waals surface area contributed by atoms with Crippen LogP contribution < -0.4 is 111 Å². The van der Waals surface area contributed by atoms with Crippen molar-refractivity contribution in [3.8, 4) is 0 Å². The summed E-state index contributed by atoms with van der Waals surface area (Å²) in [5, 5.41) is 0. The molecule has 0 bridgehead atoms. The summed E-state index contributed by atoms with van der Waals surface area (Å²) < 4.78 is 25.7. The molecule has 0 aliphatic rings. The Balaban J connectivity index is -0.0000000450. The van der Waals surface area contributed by atoms with Crippen LogP contribution in [-0.2, 0) is 3.74 Å². The van der Waals surface area contributed by atoms with Crippen molar-refractivity contribution in [1.82, 2.24) is 0 Å². The Morgan fingerprint density at radius 3 is 1.17 bits per heavy atom. The zero-order valence-corrected chi connectivity index (χ0v) is 11.8. The van der Waals surface area contributed by atoms with Crippen LogP contribution in [0.2, 0.25) is 0 Å². The molecular weight excluding hydrogens is 201 g/mol. The minimum absolute atomic E-state index is 0. The molecule has 0 N–H and O–H groups in total. The summed E-state index contributed by atoms with van der Waals surface area (Å²) >= 11 is -3.94. The van der Waals surface area contributed by atoms with E-state index in [-0.39, 0.29) is 103 Å². The molecule has 0 aliphatic heterocycles. The van der Waals surface area contributed by atoms with Gasteiger partial charge in [-0.05, 0) is 0 Å². The Labute approximate surface area is 126 Å². The maximum atomic E-state index is 8.56. The summed E-state index contributed by atoms with van der Waals surface area (Å²) in [5.41, 5.74) is 0. The predicted octanol–water partition coefficient (Wildman–Crippen LogP) is -8.87. The van der Waals surface area contributed by atoms with Gasteiger partial charge in [-0.2, -0.15) is 0 Å². The van der Waals surface area contributed by atoms with Crippen molar-refractivity contribution < 1.29 is 115 Å². The van der Waals surface area contributed by atoms with E-state index < -0.39 is 15.3 Å². The zero-order chi connectivity index (χ0) is 3.58. The van der Waals surface area contributed by atoms with Crippen LogP contribution in [0.25, 0.3) is 0 Å². The van der Waals surface area contributed by atoms with Gasteiger partial charge in [0.1, 0.15) is 0 Å². The number of hydrogen-bond donors (Lipinski definition) is 0. The van der Waals surface area contributed by atoms with E-state index in [2.05, 4.69) is 0 Å². The molecule has 3 nitrogen and oxygen atoms in total. The molecule has 25 valence electrons. The minimum atomic E-state index is -3.94.